The number of fused-ring (bicyclic) bond motifs is 1. The fraction of sp³-hybridized carbons (Fsp3) is 0.400. The number of carbonyl (C=O) groups excluding carboxylic acids is 1. The molecule has 0 bridgehead atoms. The molecule has 12 heteroatoms. The van der Waals surface area contributed by atoms with E-state index in [0.717, 1.165) is 17.0 Å². The predicted octanol–water partition coefficient (Wildman–Crippen LogP) is 2.14. The second-order valence-electron chi connectivity index (χ2n) is 7.57. The Bertz CT molecular complexity index is 971. The van der Waals surface area contributed by atoms with Gasteiger partial charge in [-0.2, -0.15) is 0 Å². The maximum Gasteiger partial charge on any atom is 0.573 e. The number of ether oxygens (including phenoxy) is 1. The van der Waals surface area contributed by atoms with Crippen LogP contribution >= 0.6 is 23.6 Å². The number of thiocarbonyl (C=S) groups is 1. The number of benzene rings is 1. The number of nitrogens with zero attached hydrogens (tertiary/aromatic N) is 1. The highest BCUT2D eigenvalue weighted by Crippen LogP contribution is 2.37. The molecule has 5 atom stereocenters. The monoisotopic (exact) mass is 487 g/mol. The average Bonchev–Trinajstić information content (AvgIpc) is 3.36. The molecular weight excluding hydrogens is 467 g/mol. The second kappa shape index (κ2) is 8.85. The molecule has 7 nitrogen and oxygen atoms in total. The third-order valence-electron chi connectivity index (χ3n) is 5.55. The van der Waals surface area contributed by atoms with Crippen LogP contribution in [0.1, 0.15) is 11.3 Å². The molecule has 2 fully saturated rings. The van der Waals surface area contributed by atoms with Gasteiger partial charge in [0.15, 0.2) is 5.11 Å². The number of anilines is 1. The van der Waals surface area contributed by atoms with Crippen LogP contribution in [0.4, 0.5) is 18.9 Å². The van der Waals surface area contributed by atoms with Gasteiger partial charge in [-0.25, -0.2) is 0 Å². The third-order valence-corrected chi connectivity index (χ3v) is 6.74. The molecule has 4 N–H and O–H groups in total. The van der Waals surface area contributed by atoms with Crippen LogP contribution in [0.2, 0.25) is 0 Å². The minimum Gasteiger partial charge on any atom is -0.406 e. The van der Waals surface area contributed by atoms with Crippen LogP contribution in [0.15, 0.2) is 41.8 Å². The molecule has 2 aromatic rings. The summed E-state index contributed by atoms with van der Waals surface area (Å²) < 4.78 is 41.3. The average molecular weight is 488 g/mol. The Morgan fingerprint density at radius 3 is 2.62 bits per heavy atom. The van der Waals surface area contributed by atoms with Gasteiger partial charge < -0.3 is 30.5 Å². The molecule has 1 amide bonds. The topological polar surface area (TPSA) is 94.1 Å². The van der Waals surface area contributed by atoms with Gasteiger partial charge in [-0.15, -0.1) is 24.5 Å². The van der Waals surface area contributed by atoms with Crippen LogP contribution in [0.25, 0.3) is 0 Å². The Kier molecular flexibility index (Phi) is 6.30. The van der Waals surface area contributed by atoms with Gasteiger partial charge in [0.25, 0.3) is 0 Å². The first-order valence-electron chi connectivity index (χ1n) is 9.76. The summed E-state index contributed by atoms with van der Waals surface area (Å²) >= 11 is 6.89. The van der Waals surface area contributed by atoms with Crippen LogP contribution in [0.3, 0.4) is 0 Å². The SMILES string of the molecule is O=C(NCc1cccs1)[C@H]1C[C@@H](O)[C@H](O)[C@H]2NC(=S)N(c3ccc(OC(F)(F)F)cc3)[C@@H]21. The molecule has 1 aliphatic heterocycles. The quantitative estimate of drug-likeness (QED) is 0.480. The Labute approximate surface area is 190 Å². The number of amides is 1. The number of hydrogen-bond donors (Lipinski definition) is 4. The second-order valence-corrected chi connectivity index (χ2v) is 8.99. The molecule has 1 saturated carbocycles. The molecule has 1 saturated heterocycles. The standard InChI is InChI=1S/C20H20F3N3O4S2/c21-20(22,23)30-11-5-3-10(4-6-11)26-16-13(18(29)24-9-12-2-1-7-32-12)8-14(27)17(28)15(16)25-19(26)31/h1-7,13-17,27-28H,8-9H2,(H,24,29)(H,25,31)/t13-,14+,15-,16+,17-/m0/s1. The molecule has 0 spiro atoms. The van der Waals surface area contributed by atoms with E-state index < -0.39 is 36.6 Å². The van der Waals surface area contributed by atoms with Crippen molar-refractivity contribution in [1.82, 2.24) is 10.6 Å². The molecular formula is C20H20F3N3O4S2. The van der Waals surface area contributed by atoms with Gasteiger partial charge in [-0.3, -0.25) is 4.79 Å². The molecule has 1 aliphatic carbocycles. The normalized spacial score (nSPS) is 27.6. The number of thiophene rings is 1. The van der Waals surface area contributed by atoms with Crippen LogP contribution in [0.5, 0.6) is 5.75 Å². The minimum absolute atomic E-state index is 0.00860. The number of nitrogens with one attached hydrogen (secondary N) is 2. The van der Waals surface area contributed by atoms with Crippen molar-refractivity contribution in [1.29, 1.82) is 0 Å². The van der Waals surface area contributed by atoms with Crippen molar-refractivity contribution in [2.75, 3.05) is 4.90 Å². The van der Waals surface area contributed by atoms with Crippen LogP contribution in [-0.4, -0.2) is 51.9 Å². The Balaban J connectivity index is 1.58. The summed E-state index contributed by atoms with van der Waals surface area (Å²) in [5.74, 6) is -1.43. The highest BCUT2D eigenvalue weighted by atomic mass is 32.1. The molecule has 1 aromatic heterocycles. The van der Waals surface area contributed by atoms with E-state index in [9.17, 15) is 28.2 Å². The molecule has 172 valence electrons. The number of alkyl halides is 3. The summed E-state index contributed by atoms with van der Waals surface area (Å²) in [6.07, 6.45) is -7.11. The zero-order valence-corrected chi connectivity index (χ0v) is 18.1. The minimum atomic E-state index is -4.81. The highest BCUT2D eigenvalue weighted by molar-refractivity contribution is 7.80. The molecule has 0 unspecified atom stereocenters. The lowest BCUT2D eigenvalue weighted by Gasteiger charge is -2.41. The summed E-state index contributed by atoms with van der Waals surface area (Å²) in [6, 6.07) is 7.49. The smallest absolute Gasteiger partial charge is 0.406 e. The van der Waals surface area contributed by atoms with Gasteiger partial charge in [0, 0.05) is 10.6 Å². The largest absolute Gasteiger partial charge is 0.573 e. The predicted molar refractivity (Wildman–Crippen MR) is 115 cm³/mol. The van der Waals surface area contributed by atoms with Crippen molar-refractivity contribution in [3.63, 3.8) is 0 Å². The molecule has 2 aliphatic rings. The van der Waals surface area contributed by atoms with Crippen molar-refractivity contribution < 1.29 is 32.9 Å². The zero-order valence-electron chi connectivity index (χ0n) is 16.5. The maximum atomic E-state index is 13.0. The van der Waals surface area contributed by atoms with E-state index in [1.165, 1.54) is 23.5 Å². The number of carbonyl (C=O) groups is 1. The van der Waals surface area contributed by atoms with E-state index in [-0.39, 0.29) is 23.2 Å². The van der Waals surface area contributed by atoms with Crippen LogP contribution in [0, 0.1) is 5.92 Å². The van der Waals surface area contributed by atoms with Gasteiger partial charge in [-0.1, -0.05) is 6.07 Å². The van der Waals surface area contributed by atoms with Crippen molar-refractivity contribution in [3.8, 4) is 5.75 Å². The van der Waals surface area contributed by atoms with Gasteiger partial charge in [0.05, 0.1) is 30.7 Å². The third kappa shape index (κ3) is 4.68. The van der Waals surface area contributed by atoms with E-state index in [4.69, 9.17) is 12.2 Å². The summed E-state index contributed by atoms with van der Waals surface area (Å²) in [6.45, 7) is 0.324. The van der Waals surface area contributed by atoms with E-state index in [0.29, 0.717) is 12.2 Å². The van der Waals surface area contributed by atoms with E-state index in [1.807, 2.05) is 17.5 Å². The first-order chi connectivity index (χ1) is 15.1. The molecule has 1 aromatic carbocycles. The number of rotatable bonds is 5. The van der Waals surface area contributed by atoms with Crippen molar-refractivity contribution in [2.45, 2.75) is 43.6 Å². The maximum absolute atomic E-state index is 13.0. The first kappa shape index (κ1) is 22.8. The summed E-state index contributed by atoms with van der Waals surface area (Å²) in [4.78, 5) is 15.6. The lowest BCUT2D eigenvalue weighted by atomic mass is 9.77. The number of aliphatic hydroxyl groups is 2. The highest BCUT2D eigenvalue weighted by Gasteiger charge is 2.53. The van der Waals surface area contributed by atoms with E-state index >= 15 is 0 Å². The fourth-order valence-electron chi connectivity index (χ4n) is 4.17. The Morgan fingerprint density at radius 2 is 2.00 bits per heavy atom. The molecule has 2 heterocycles. The molecule has 4 rings (SSSR count). The fourth-order valence-corrected chi connectivity index (χ4v) is 5.18. The van der Waals surface area contributed by atoms with Crippen molar-refractivity contribution in [3.05, 3.63) is 46.7 Å². The van der Waals surface area contributed by atoms with Gasteiger partial charge in [0.2, 0.25) is 5.91 Å². The lowest BCUT2D eigenvalue weighted by molar-refractivity contribution is -0.274. The first-order valence-corrected chi connectivity index (χ1v) is 11.0. The summed E-state index contributed by atoms with van der Waals surface area (Å²) in [5.41, 5.74) is 0.434. The number of aliphatic hydroxyl groups excluding tert-OH is 2. The van der Waals surface area contributed by atoms with E-state index in [1.54, 1.807) is 4.90 Å². The summed E-state index contributed by atoms with van der Waals surface area (Å²) in [7, 11) is 0. The van der Waals surface area contributed by atoms with Crippen molar-refractivity contribution in [2.24, 2.45) is 5.92 Å². The Morgan fingerprint density at radius 1 is 1.28 bits per heavy atom. The Hall–Kier alpha value is -2.41. The van der Waals surface area contributed by atoms with Gasteiger partial charge in [0.1, 0.15) is 11.9 Å². The van der Waals surface area contributed by atoms with Gasteiger partial charge in [-0.05, 0) is 54.4 Å². The van der Waals surface area contributed by atoms with E-state index in [2.05, 4.69) is 15.4 Å². The zero-order chi connectivity index (χ0) is 23.0. The van der Waals surface area contributed by atoms with Gasteiger partial charge >= 0.3 is 6.36 Å². The molecule has 0 radical (unpaired) electrons. The van der Waals surface area contributed by atoms with Crippen LogP contribution in [-0.2, 0) is 11.3 Å². The van der Waals surface area contributed by atoms with Crippen molar-refractivity contribution >= 4 is 40.3 Å². The number of halogens is 3. The summed E-state index contributed by atoms with van der Waals surface area (Å²) in [5, 5.41) is 28.7. The van der Waals surface area contributed by atoms with Crippen LogP contribution < -0.4 is 20.3 Å². The molecule has 32 heavy (non-hydrogen) atoms. The lowest BCUT2D eigenvalue weighted by Crippen LogP contribution is -2.60. The number of hydrogen-bond acceptors (Lipinski definition) is 6.